The number of hydrogen-bond acceptors (Lipinski definition) is 1. The highest BCUT2D eigenvalue weighted by Gasteiger charge is 1.93. The molecule has 2 heteroatoms. The third-order valence-electron chi connectivity index (χ3n) is 5.98. The van der Waals surface area contributed by atoms with Crippen molar-refractivity contribution in [1.29, 1.82) is 0 Å². The van der Waals surface area contributed by atoms with Crippen LogP contribution < -0.4 is 0 Å². The summed E-state index contributed by atoms with van der Waals surface area (Å²) in [5.74, 6) is -0.696. The molecule has 0 aromatic rings. The Kier molecular flexibility index (Phi) is 26.6. The van der Waals surface area contributed by atoms with Crippen LogP contribution in [0.3, 0.4) is 0 Å². The van der Waals surface area contributed by atoms with Crippen LogP contribution in [0.4, 0.5) is 0 Å². The highest BCUT2D eigenvalue weighted by molar-refractivity contribution is 5.66. The minimum atomic E-state index is -0.696. The van der Waals surface area contributed by atoms with Gasteiger partial charge in [-0.2, -0.15) is 0 Å². The summed E-state index contributed by atoms with van der Waals surface area (Å²) in [6.45, 7) is 2.28. The molecule has 0 unspecified atom stereocenters. The highest BCUT2D eigenvalue weighted by atomic mass is 16.4. The van der Waals surface area contributed by atoms with Gasteiger partial charge in [-0.15, -0.1) is 0 Å². The van der Waals surface area contributed by atoms with Crippen LogP contribution in [-0.2, 0) is 4.79 Å². The summed E-state index contributed by atoms with van der Waals surface area (Å²) in [6.07, 6.45) is 41.1. The Balaban J connectivity index is 3.18. The zero-order valence-electron chi connectivity index (χ0n) is 21.4. The molecule has 0 aliphatic carbocycles. The predicted molar refractivity (Wildman–Crippen MR) is 142 cm³/mol. The summed E-state index contributed by atoms with van der Waals surface area (Å²) in [5.41, 5.74) is 0. The largest absolute Gasteiger partial charge is 0.481 e. The van der Waals surface area contributed by atoms with Gasteiger partial charge < -0.3 is 5.11 Å². The summed E-state index contributed by atoms with van der Waals surface area (Å²) in [5, 5.41) is 8.57. The van der Waals surface area contributed by atoms with Crippen LogP contribution in [-0.4, -0.2) is 11.1 Å². The van der Waals surface area contributed by atoms with Crippen LogP contribution in [0.25, 0.3) is 0 Å². The van der Waals surface area contributed by atoms with Crippen molar-refractivity contribution < 1.29 is 9.90 Å². The van der Waals surface area contributed by atoms with Crippen LogP contribution >= 0.6 is 0 Å². The molecule has 32 heavy (non-hydrogen) atoms. The van der Waals surface area contributed by atoms with E-state index in [0.717, 1.165) is 25.7 Å². The predicted octanol–water partition coefficient (Wildman–Crippen LogP) is 10.3. The highest BCUT2D eigenvalue weighted by Crippen LogP contribution is 2.12. The Hall–Kier alpha value is -1.31. The van der Waals surface area contributed by atoms with Gasteiger partial charge in [0.2, 0.25) is 0 Å². The van der Waals surface area contributed by atoms with Crippen molar-refractivity contribution in [3.8, 4) is 0 Å². The molecule has 186 valence electrons. The van der Waals surface area contributed by atoms with Gasteiger partial charge >= 0.3 is 5.97 Å². The van der Waals surface area contributed by atoms with E-state index < -0.39 is 5.97 Å². The average molecular weight is 447 g/mol. The van der Waals surface area contributed by atoms with Crippen LogP contribution in [0, 0.1) is 0 Å². The first-order valence-corrected chi connectivity index (χ1v) is 13.9. The molecule has 0 rings (SSSR count). The third-order valence-corrected chi connectivity index (χ3v) is 5.98. The molecule has 0 fully saturated rings. The number of carboxylic acid groups (broad SMARTS) is 1. The molecule has 2 nitrogen and oxygen atoms in total. The summed E-state index contributed by atoms with van der Waals surface area (Å²) in [4.78, 5) is 10.4. The third kappa shape index (κ3) is 28.7. The Labute approximate surface area is 200 Å². The molecule has 1 N–H and O–H groups in total. The number of unbranched alkanes of at least 4 members (excludes halogenated alkanes) is 17. The fourth-order valence-corrected chi connectivity index (χ4v) is 3.90. The quantitative estimate of drug-likeness (QED) is 0.112. The smallest absolute Gasteiger partial charge is 0.303 e. The minimum Gasteiger partial charge on any atom is -0.481 e. The molecule has 0 amide bonds. The maximum atomic E-state index is 10.4. The maximum Gasteiger partial charge on any atom is 0.303 e. The van der Waals surface area contributed by atoms with Crippen LogP contribution in [0.15, 0.2) is 36.5 Å². The second-order valence-corrected chi connectivity index (χ2v) is 9.24. The SMILES string of the molecule is CCCCCCCC/C=C\CCCCCCCCCC/C=C\CC/C=C\CCCC(=O)O. The van der Waals surface area contributed by atoms with E-state index >= 15 is 0 Å². The van der Waals surface area contributed by atoms with E-state index in [1.165, 1.54) is 109 Å². The second kappa shape index (κ2) is 27.7. The molecule has 0 spiro atoms. The topological polar surface area (TPSA) is 37.3 Å². The molecule has 0 aromatic heterocycles. The van der Waals surface area contributed by atoms with E-state index in [1.807, 2.05) is 0 Å². The molecule has 0 aromatic carbocycles. The van der Waals surface area contributed by atoms with Gasteiger partial charge in [0.25, 0.3) is 0 Å². The molecular weight excluding hydrogens is 392 g/mol. The molecule has 0 atom stereocenters. The molecule has 0 saturated carbocycles. The van der Waals surface area contributed by atoms with E-state index in [4.69, 9.17) is 5.11 Å². The number of allylic oxidation sites excluding steroid dienone is 6. The van der Waals surface area contributed by atoms with Gasteiger partial charge in [-0.1, -0.05) is 114 Å². The van der Waals surface area contributed by atoms with Crippen LogP contribution in [0.2, 0.25) is 0 Å². The van der Waals surface area contributed by atoms with E-state index in [2.05, 4.69) is 43.4 Å². The van der Waals surface area contributed by atoms with Gasteiger partial charge in [-0.25, -0.2) is 0 Å². The Morgan fingerprint density at radius 1 is 0.469 bits per heavy atom. The van der Waals surface area contributed by atoms with Crippen molar-refractivity contribution >= 4 is 5.97 Å². The summed E-state index contributed by atoms with van der Waals surface area (Å²) in [7, 11) is 0. The van der Waals surface area contributed by atoms with Gasteiger partial charge in [-0.05, 0) is 64.2 Å². The lowest BCUT2D eigenvalue weighted by Crippen LogP contribution is -1.92. The molecule has 0 saturated heterocycles. The van der Waals surface area contributed by atoms with E-state index in [-0.39, 0.29) is 6.42 Å². The Morgan fingerprint density at radius 2 is 0.781 bits per heavy atom. The molecule has 0 aliphatic heterocycles. The van der Waals surface area contributed by atoms with Gasteiger partial charge in [0.15, 0.2) is 0 Å². The summed E-state index contributed by atoms with van der Waals surface area (Å²) >= 11 is 0. The van der Waals surface area contributed by atoms with Gasteiger partial charge in [0.1, 0.15) is 0 Å². The number of hydrogen-bond donors (Lipinski definition) is 1. The van der Waals surface area contributed by atoms with E-state index in [1.54, 1.807) is 0 Å². The first-order valence-electron chi connectivity index (χ1n) is 13.9. The first kappa shape index (κ1) is 30.7. The zero-order chi connectivity index (χ0) is 23.4. The van der Waals surface area contributed by atoms with Gasteiger partial charge in [0, 0.05) is 6.42 Å². The van der Waals surface area contributed by atoms with Crippen molar-refractivity contribution in [2.45, 2.75) is 148 Å². The van der Waals surface area contributed by atoms with E-state index in [0.29, 0.717) is 0 Å². The monoisotopic (exact) mass is 446 g/mol. The van der Waals surface area contributed by atoms with Crippen molar-refractivity contribution in [2.75, 3.05) is 0 Å². The van der Waals surface area contributed by atoms with Crippen molar-refractivity contribution in [3.63, 3.8) is 0 Å². The van der Waals surface area contributed by atoms with Crippen molar-refractivity contribution in [2.24, 2.45) is 0 Å². The van der Waals surface area contributed by atoms with Crippen molar-refractivity contribution in [3.05, 3.63) is 36.5 Å². The standard InChI is InChI=1S/C30H54O2/c1-2-3-4-5-6-7-8-9-10-11-12-13-14-15-16-17-18-19-20-21-22-23-24-25-26-27-28-29-30(31)32/h9-10,21-22,25-26H,2-8,11-20,23-24,27-29H2,1H3,(H,31,32)/b10-9-,22-21-,26-25-. The molecule has 0 aliphatic rings. The van der Waals surface area contributed by atoms with E-state index in [9.17, 15) is 4.79 Å². The Morgan fingerprint density at radius 3 is 1.16 bits per heavy atom. The van der Waals surface area contributed by atoms with Gasteiger partial charge in [-0.3, -0.25) is 4.79 Å². The van der Waals surface area contributed by atoms with Crippen LogP contribution in [0.5, 0.6) is 0 Å². The Bertz CT molecular complexity index is 461. The maximum absolute atomic E-state index is 10.4. The fraction of sp³-hybridized carbons (Fsp3) is 0.767. The molecule has 0 heterocycles. The lowest BCUT2D eigenvalue weighted by Gasteiger charge is -2.01. The van der Waals surface area contributed by atoms with Crippen LogP contribution in [0.1, 0.15) is 148 Å². The molecule has 0 radical (unpaired) electrons. The number of aliphatic carboxylic acids is 1. The number of rotatable bonds is 25. The zero-order valence-corrected chi connectivity index (χ0v) is 21.4. The second-order valence-electron chi connectivity index (χ2n) is 9.24. The summed E-state index contributed by atoms with van der Waals surface area (Å²) in [6, 6.07) is 0. The average Bonchev–Trinajstić information content (AvgIpc) is 2.78. The molecular formula is C30H54O2. The lowest BCUT2D eigenvalue weighted by molar-refractivity contribution is -0.137. The normalized spacial score (nSPS) is 12.0. The van der Waals surface area contributed by atoms with Gasteiger partial charge in [0.05, 0.1) is 0 Å². The fourth-order valence-electron chi connectivity index (χ4n) is 3.90. The molecule has 0 bridgehead atoms. The number of carbonyl (C=O) groups is 1. The first-order chi connectivity index (χ1) is 15.8. The number of carboxylic acids is 1. The van der Waals surface area contributed by atoms with Crippen molar-refractivity contribution in [1.82, 2.24) is 0 Å². The summed E-state index contributed by atoms with van der Waals surface area (Å²) < 4.78 is 0. The lowest BCUT2D eigenvalue weighted by atomic mass is 10.1. The minimum absolute atomic E-state index is 0.279.